The molecular weight excluding hydrogens is 192 g/mol. The van der Waals surface area contributed by atoms with Crippen LogP contribution >= 0.6 is 0 Å². The highest BCUT2D eigenvalue weighted by atomic mass is 16.4. The highest BCUT2D eigenvalue weighted by Crippen LogP contribution is 2.32. The lowest BCUT2D eigenvalue weighted by molar-refractivity contribution is -0.143. The summed E-state index contributed by atoms with van der Waals surface area (Å²) in [6, 6.07) is 0.409. The molecule has 86 valence electrons. The van der Waals surface area contributed by atoms with Crippen LogP contribution in [0.25, 0.3) is 0 Å². The van der Waals surface area contributed by atoms with E-state index in [-0.39, 0.29) is 0 Å². The van der Waals surface area contributed by atoms with E-state index in [1.54, 1.807) is 0 Å². The number of likely N-dealkylation sites (tertiary alicyclic amines) is 1. The van der Waals surface area contributed by atoms with Gasteiger partial charge < -0.3 is 15.7 Å². The highest BCUT2D eigenvalue weighted by Gasteiger charge is 2.43. The number of carboxylic acids is 1. The average molecular weight is 212 g/mol. The molecule has 3 N–H and O–H groups in total. The molecule has 0 aromatic rings. The maximum atomic E-state index is 11.0. The monoisotopic (exact) mass is 212 g/mol. The van der Waals surface area contributed by atoms with Crippen molar-refractivity contribution in [2.24, 2.45) is 5.73 Å². The van der Waals surface area contributed by atoms with Crippen molar-refractivity contribution in [3.63, 3.8) is 0 Å². The Kier molecular flexibility index (Phi) is 2.98. The largest absolute Gasteiger partial charge is 0.480 e. The Labute approximate surface area is 90.4 Å². The highest BCUT2D eigenvalue weighted by molar-refractivity contribution is 5.79. The Bertz CT molecular complexity index is 251. The van der Waals surface area contributed by atoms with Gasteiger partial charge in [-0.15, -0.1) is 0 Å². The molecule has 2 fully saturated rings. The van der Waals surface area contributed by atoms with Crippen molar-refractivity contribution >= 4 is 5.97 Å². The van der Waals surface area contributed by atoms with E-state index in [1.165, 1.54) is 19.3 Å². The molecule has 4 nitrogen and oxygen atoms in total. The second kappa shape index (κ2) is 4.10. The predicted octanol–water partition coefficient (Wildman–Crippen LogP) is 0.807. The van der Waals surface area contributed by atoms with E-state index >= 15 is 0 Å². The van der Waals surface area contributed by atoms with Gasteiger partial charge >= 0.3 is 5.97 Å². The van der Waals surface area contributed by atoms with E-state index in [2.05, 4.69) is 4.90 Å². The van der Waals surface area contributed by atoms with Gasteiger partial charge in [0.05, 0.1) is 0 Å². The van der Waals surface area contributed by atoms with E-state index < -0.39 is 11.5 Å². The second-order valence-corrected chi connectivity index (χ2v) is 4.95. The zero-order valence-corrected chi connectivity index (χ0v) is 9.11. The fraction of sp³-hybridized carbons (Fsp3) is 0.909. The molecule has 0 amide bonds. The van der Waals surface area contributed by atoms with Gasteiger partial charge in [0, 0.05) is 6.04 Å². The number of aliphatic carboxylic acids is 1. The second-order valence-electron chi connectivity index (χ2n) is 4.95. The topological polar surface area (TPSA) is 66.6 Å². The van der Waals surface area contributed by atoms with E-state index in [9.17, 15) is 4.79 Å². The van der Waals surface area contributed by atoms with Crippen molar-refractivity contribution in [2.45, 2.75) is 50.1 Å². The molecule has 2 atom stereocenters. The summed E-state index contributed by atoms with van der Waals surface area (Å²) in [4.78, 5) is 13.4. The van der Waals surface area contributed by atoms with Crippen LogP contribution in [0.15, 0.2) is 0 Å². The lowest BCUT2D eigenvalue weighted by atomic mass is 9.99. The van der Waals surface area contributed by atoms with Crippen molar-refractivity contribution in [3.05, 3.63) is 0 Å². The molecule has 0 aromatic carbocycles. The molecule has 1 saturated carbocycles. The van der Waals surface area contributed by atoms with E-state index in [1.807, 2.05) is 0 Å². The summed E-state index contributed by atoms with van der Waals surface area (Å²) >= 11 is 0. The molecule has 0 spiro atoms. The lowest BCUT2D eigenvalue weighted by Crippen LogP contribution is -2.47. The van der Waals surface area contributed by atoms with Gasteiger partial charge in [-0.2, -0.15) is 0 Å². The fourth-order valence-electron chi connectivity index (χ4n) is 2.84. The van der Waals surface area contributed by atoms with Gasteiger partial charge in [-0.3, -0.25) is 4.79 Å². The molecule has 15 heavy (non-hydrogen) atoms. The number of carboxylic acid groups (broad SMARTS) is 1. The molecule has 1 aliphatic carbocycles. The number of hydrogen-bond acceptors (Lipinski definition) is 3. The van der Waals surface area contributed by atoms with Crippen LogP contribution in [-0.2, 0) is 4.79 Å². The molecule has 4 heteroatoms. The van der Waals surface area contributed by atoms with Gasteiger partial charge in [0.25, 0.3) is 0 Å². The number of piperidine rings is 1. The first-order valence-electron chi connectivity index (χ1n) is 5.88. The summed E-state index contributed by atoms with van der Waals surface area (Å²) in [6.07, 6.45) is 6.02. The third-order valence-corrected chi connectivity index (χ3v) is 3.86. The van der Waals surface area contributed by atoms with Crippen LogP contribution in [0.1, 0.15) is 38.5 Å². The molecule has 0 bridgehead atoms. The molecule has 0 aromatic heterocycles. The van der Waals surface area contributed by atoms with Crippen molar-refractivity contribution < 1.29 is 9.90 Å². The molecule has 1 saturated heterocycles. The van der Waals surface area contributed by atoms with Crippen LogP contribution in [0.4, 0.5) is 0 Å². The van der Waals surface area contributed by atoms with Crippen molar-refractivity contribution in [1.29, 1.82) is 0 Å². The molecule has 2 aliphatic rings. The number of nitrogens with zero attached hydrogens (tertiary/aromatic N) is 1. The number of hydrogen-bond donors (Lipinski definition) is 2. The Balaban J connectivity index is 1.94. The average Bonchev–Trinajstić information content (AvgIpc) is 2.64. The third kappa shape index (κ3) is 2.16. The van der Waals surface area contributed by atoms with Crippen LogP contribution in [0.2, 0.25) is 0 Å². The van der Waals surface area contributed by atoms with Crippen LogP contribution in [0.5, 0.6) is 0 Å². The summed E-state index contributed by atoms with van der Waals surface area (Å²) < 4.78 is 0. The minimum Gasteiger partial charge on any atom is -0.480 e. The third-order valence-electron chi connectivity index (χ3n) is 3.86. The Morgan fingerprint density at radius 3 is 2.53 bits per heavy atom. The maximum absolute atomic E-state index is 11.0. The van der Waals surface area contributed by atoms with Gasteiger partial charge in [-0.05, 0) is 45.2 Å². The van der Waals surface area contributed by atoms with Gasteiger partial charge in [-0.25, -0.2) is 0 Å². The van der Waals surface area contributed by atoms with Gasteiger partial charge in [0.2, 0.25) is 0 Å². The molecule has 1 aliphatic heterocycles. The molecular formula is C11H20N2O2. The van der Waals surface area contributed by atoms with Crippen molar-refractivity contribution in [3.8, 4) is 0 Å². The Morgan fingerprint density at radius 1 is 1.33 bits per heavy atom. The number of nitrogens with two attached hydrogens (primary N) is 1. The smallest absolute Gasteiger partial charge is 0.323 e. The minimum absolute atomic E-state index is 0.409. The van der Waals surface area contributed by atoms with Crippen LogP contribution in [0.3, 0.4) is 0 Å². The molecule has 2 unspecified atom stereocenters. The van der Waals surface area contributed by atoms with E-state index in [0.717, 1.165) is 19.5 Å². The lowest BCUT2D eigenvalue weighted by Gasteiger charge is -2.32. The van der Waals surface area contributed by atoms with Crippen LogP contribution in [-0.4, -0.2) is 40.6 Å². The van der Waals surface area contributed by atoms with E-state index in [0.29, 0.717) is 18.9 Å². The Hall–Kier alpha value is -0.610. The summed E-state index contributed by atoms with van der Waals surface area (Å²) in [5.74, 6) is -0.831. The summed E-state index contributed by atoms with van der Waals surface area (Å²) in [5, 5.41) is 9.05. The summed E-state index contributed by atoms with van der Waals surface area (Å²) in [6.45, 7) is 2.25. The van der Waals surface area contributed by atoms with Crippen LogP contribution in [0, 0.1) is 0 Å². The zero-order valence-electron chi connectivity index (χ0n) is 9.11. The van der Waals surface area contributed by atoms with Gasteiger partial charge in [0.15, 0.2) is 0 Å². The number of carbonyl (C=O) groups is 1. The standard InChI is InChI=1S/C11H20N2O2/c12-11(10(14)15)5-4-9(8-11)13-6-2-1-3-7-13/h9H,1-8,12H2,(H,14,15). The zero-order chi connectivity index (χ0) is 10.9. The van der Waals surface area contributed by atoms with Crippen molar-refractivity contribution in [1.82, 2.24) is 4.90 Å². The number of rotatable bonds is 2. The quantitative estimate of drug-likeness (QED) is 0.710. The Morgan fingerprint density at radius 2 is 2.00 bits per heavy atom. The van der Waals surface area contributed by atoms with Crippen molar-refractivity contribution in [2.75, 3.05) is 13.1 Å². The predicted molar refractivity (Wildman–Crippen MR) is 57.6 cm³/mol. The summed E-state index contributed by atoms with van der Waals surface area (Å²) in [5.41, 5.74) is 4.92. The molecule has 0 radical (unpaired) electrons. The summed E-state index contributed by atoms with van der Waals surface area (Å²) in [7, 11) is 0. The van der Waals surface area contributed by atoms with Gasteiger partial charge in [0.1, 0.15) is 5.54 Å². The SMILES string of the molecule is NC1(C(=O)O)CCC(N2CCCCC2)C1. The minimum atomic E-state index is -0.956. The molecule has 2 rings (SSSR count). The van der Waals surface area contributed by atoms with Gasteiger partial charge in [-0.1, -0.05) is 6.42 Å². The first-order valence-corrected chi connectivity index (χ1v) is 5.88. The van der Waals surface area contributed by atoms with Crippen LogP contribution < -0.4 is 5.73 Å². The van der Waals surface area contributed by atoms with E-state index in [4.69, 9.17) is 10.8 Å². The fourth-order valence-corrected chi connectivity index (χ4v) is 2.84. The maximum Gasteiger partial charge on any atom is 0.323 e. The first kappa shape index (κ1) is 10.9. The normalized spacial score (nSPS) is 38.1. The molecule has 1 heterocycles. The first-order chi connectivity index (χ1) is 7.12.